The Labute approximate surface area is 89.5 Å². The minimum Gasteiger partial charge on any atom is -0.328 e. The predicted molar refractivity (Wildman–Crippen MR) is 61.8 cm³/mol. The van der Waals surface area contributed by atoms with E-state index in [1.807, 2.05) is 0 Å². The van der Waals surface area contributed by atoms with E-state index < -0.39 is 10.8 Å². The molecule has 1 aliphatic heterocycles. The van der Waals surface area contributed by atoms with Gasteiger partial charge in [-0.25, -0.2) is 0 Å². The number of hydrogen-bond acceptors (Lipinski definition) is 3. The van der Waals surface area contributed by atoms with Gasteiger partial charge in [0.05, 0.1) is 0 Å². The van der Waals surface area contributed by atoms with E-state index in [1.54, 1.807) is 0 Å². The highest BCUT2D eigenvalue weighted by atomic mass is 32.2. The molecular formula is C10H22N2OS. The summed E-state index contributed by atoms with van der Waals surface area (Å²) in [5.41, 5.74) is 5.94. The van der Waals surface area contributed by atoms with Gasteiger partial charge in [0, 0.05) is 41.4 Å². The molecule has 0 bridgehead atoms. The number of nitrogens with two attached hydrogens (primary N) is 1. The van der Waals surface area contributed by atoms with Crippen LogP contribution in [0.2, 0.25) is 0 Å². The van der Waals surface area contributed by atoms with Gasteiger partial charge in [-0.1, -0.05) is 13.3 Å². The van der Waals surface area contributed by atoms with Crippen LogP contribution in [0, 0.1) is 0 Å². The molecule has 3 nitrogen and oxygen atoms in total. The van der Waals surface area contributed by atoms with Crippen LogP contribution >= 0.6 is 0 Å². The van der Waals surface area contributed by atoms with Crippen molar-refractivity contribution < 1.29 is 4.21 Å². The Morgan fingerprint density at radius 3 is 2.57 bits per heavy atom. The maximum absolute atomic E-state index is 11.1. The SMILES string of the molecule is CCCC(N)CCN1CCS(=O)CC1. The third kappa shape index (κ3) is 4.53. The topological polar surface area (TPSA) is 46.3 Å². The Bertz CT molecular complexity index is 177. The Morgan fingerprint density at radius 1 is 1.36 bits per heavy atom. The molecule has 1 heterocycles. The predicted octanol–water partition coefficient (Wildman–Crippen LogP) is 0.568. The van der Waals surface area contributed by atoms with Crippen LogP contribution in [0.15, 0.2) is 0 Å². The zero-order valence-electron chi connectivity index (χ0n) is 9.08. The molecule has 1 atom stereocenters. The van der Waals surface area contributed by atoms with Gasteiger partial charge in [-0.15, -0.1) is 0 Å². The fourth-order valence-corrected chi connectivity index (χ4v) is 2.89. The molecule has 0 radical (unpaired) electrons. The van der Waals surface area contributed by atoms with Crippen LogP contribution in [0.4, 0.5) is 0 Å². The van der Waals surface area contributed by atoms with Gasteiger partial charge in [-0.05, 0) is 19.4 Å². The minimum absolute atomic E-state index is 0.354. The number of nitrogens with zero attached hydrogens (tertiary/aromatic N) is 1. The first-order valence-corrected chi connectivity index (χ1v) is 7.04. The Hall–Kier alpha value is 0.0700. The smallest absolute Gasteiger partial charge is 0.0363 e. The fourth-order valence-electron chi connectivity index (χ4n) is 1.76. The van der Waals surface area contributed by atoms with E-state index in [0.717, 1.165) is 44.0 Å². The number of hydrogen-bond donors (Lipinski definition) is 1. The van der Waals surface area contributed by atoms with Gasteiger partial charge in [-0.3, -0.25) is 4.21 Å². The molecule has 0 aromatic rings. The second-order valence-electron chi connectivity index (χ2n) is 4.03. The van der Waals surface area contributed by atoms with Crippen molar-refractivity contribution in [2.75, 3.05) is 31.1 Å². The van der Waals surface area contributed by atoms with Crippen molar-refractivity contribution in [1.29, 1.82) is 0 Å². The van der Waals surface area contributed by atoms with Gasteiger partial charge in [0.15, 0.2) is 0 Å². The third-order valence-electron chi connectivity index (χ3n) is 2.75. The molecule has 14 heavy (non-hydrogen) atoms. The fraction of sp³-hybridized carbons (Fsp3) is 1.00. The zero-order chi connectivity index (χ0) is 10.4. The van der Waals surface area contributed by atoms with Crippen molar-refractivity contribution in [1.82, 2.24) is 4.90 Å². The maximum atomic E-state index is 11.1. The first kappa shape index (κ1) is 12.1. The summed E-state index contributed by atoms with van der Waals surface area (Å²) in [6, 6.07) is 0.354. The molecule has 1 aliphatic rings. The molecule has 1 rings (SSSR count). The van der Waals surface area contributed by atoms with Crippen LogP contribution in [0.5, 0.6) is 0 Å². The molecule has 4 heteroatoms. The molecule has 2 N–H and O–H groups in total. The Kier molecular flexibility index (Phi) is 5.67. The summed E-state index contributed by atoms with van der Waals surface area (Å²) in [6.45, 7) is 5.24. The highest BCUT2D eigenvalue weighted by Crippen LogP contribution is 2.04. The van der Waals surface area contributed by atoms with Gasteiger partial charge in [0.25, 0.3) is 0 Å². The van der Waals surface area contributed by atoms with E-state index in [0.29, 0.717) is 6.04 Å². The minimum atomic E-state index is -0.551. The Balaban J connectivity index is 2.09. The second kappa shape index (κ2) is 6.53. The molecule has 0 aromatic carbocycles. The molecule has 1 saturated heterocycles. The summed E-state index contributed by atoms with van der Waals surface area (Å²) in [5, 5.41) is 0. The average molecular weight is 218 g/mol. The lowest BCUT2D eigenvalue weighted by Gasteiger charge is -2.27. The standard InChI is InChI=1S/C10H22N2OS/c1-2-3-10(11)4-5-12-6-8-14(13)9-7-12/h10H,2-9,11H2,1H3. The third-order valence-corrected chi connectivity index (χ3v) is 4.02. The summed E-state index contributed by atoms with van der Waals surface area (Å²) in [7, 11) is -0.551. The van der Waals surface area contributed by atoms with E-state index in [2.05, 4.69) is 11.8 Å². The molecule has 0 spiro atoms. The first-order valence-electron chi connectivity index (χ1n) is 5.55. The number of rotatable bonds is 5. The van der Waals surface area contributed by atoms with Crippen LogP contribution in [0.1, 0.15) is 26.2 Å². The normalized spacial score (nSPS) is 22.4. The highest BCUT2D eigenvalue weighted by Gasteiger charge is 2.15. The summed E-state index contributed by atoms with van der Waals surface area (Å²) < 4.78 is 11.1. The molecule has 0 aliphatic carbocycles. The lowest BCUT2D eigenvalue weighted by molar-refractivity contribution is 0.284. The van der Waals surface area contributed by atoms with Crippen LogP contribution in [0.25, 0.3) is 0 Å². The van der Waals surface area contributed by atoms with Gasteiger partial charge in [0.2, 0.25) is 0 Å². The largest absolute Gasteiger partial charge is 0.328 e. The van der Waals surface area contributed by atoms with Crippen molar-refractivity contribution in [2.45, 2.75) is 32.2 Å². The van der Waals surface area contributed by atoms with Crippen LogP contribution in [-0.4, -0.2) is 46.3 Å². The van der Waals surface area contributed by atoms with Crippen molar-refractivity contribution in [2.24, 2.45) is 5.73 Å². The second-order valence-corrected chi connectivity index (χ2v) is 5.72. The van der Waals surface area contributed by atoms with Crippen molar-refractivity contribution in [3.05, 3.63) is 0 Å². The molecular weight excluding hydrogens is 196 g/mol. The summed E-state index contributed by atoms with van der Waals surface area (Å²) in [5.74, 6) is 1.70. The van der Waals surface area contributed by atoms with E-state index >= 15 is 0 Å². The lowest BCUT2D eigenvalue weighted by atomic mass is 10.1. The van der Waals surface area contributed by atoms with E-state index in [1.165, 1.54) is 6.42 Å². The molecule has 0 aromatic heterocycles. The molecule has 0 saturated carbocycles. The van der Waals surface area contributed by atoms with Gasteiger partial charge in [0.1, 0.15) is 0 Å². The van der Waals surface area contributed by atoms with Crippen molar-refractivity contribution >= 4 is 10.8 Å². The van der Waals surface area contributed by atoms with E-state index in [9.17, 15) is 4.21 Å². The van der Waals surface area contributed by atoms with Gasteiger partial charge < -0.3 is 10.6 Å². The quantitative estimate of drug-likeness (QED) is 0.734. The van der Waals surface area contributed by atoms with Crippen molar-refractivity contribution in [3.8, 4) is 0 Å². The summed E-state index contributed by atoms with van der Waals surface area (Å²) in [6.07, 6.45) is 3.38. The lowest BCUT2D eigenvalue weighted by Crippen LogP contribution is -2.40. The van der Waals surface area contributed by atoms with Gasteiger partial charge in [-0.2, -0.15) is 0 Å². The highest BCUT2D eigenvalue weighted by molar-refractivity contribution is 7.85. The molecule has 0 amide bonds. The monoisotopic (exact) mass is 218 g/mol. The van der Waals surface area contributed by atoms with Gasteiger partial charge >= 0.3 is 0 Å². The molecule has 1 unspecified atom stereocenters. The van der Waals surface area contributed by atoms with E-state index in [4.69, 9.17) is 5.73 Å². The van der Waals surface area contributed by atoms with Crippen LogP contribution in [0.3, 0.4) is 0 Å². The molecule has 1 fully saturated rings. The zero-order valence-corrected chi connectivity index (χ0v) is 9.89. The summed E-state index contributed by atoms with van der Waals surface area (Å²) in [4.78, 5) is 2.39. The van der Waals surface area contributed by atoms with Crippen molar-refractivity contribution in [3.63, 3.8) is 0 Å². The Morgan fingerprint density at radius 2 is 2.00 bits per heavy atom. The van der Waals surface area contributed by atoms with Crippen LogP contribution in [-0.2, 0) is 10.8 Å². The van der Waals surface area contributed by atoms with Crippen LogP contribution < -0.4 is 5.73 Å². The van der Waals surface area contributed by atoms with E-state index in [-0.39, 0.29) is 0 Å². The summed E-state index contributed by atoms with van der Waals surface area (Å²) >= 11 is 0. The molecule has 84 valence electrons. The first-order chi connectivity index (χ1) is 6.72. The maximum Gasteiger partial charge on any atom is 0.0363 e. The average Bonchev–Trinajstić information content (AvgIpc) is 2.17.